The zero-order valence-corrected chi connectivity index (χ0v) is 14.4. The van der Waals surface area contributed by atoms with Gasteiger partial charge in [-0.05, 0) is 32.9 Å². The molecule has 2 rings (SSSR count). The number of hydrogen-bond donors (Lipinski definition) is 1. The molecule has 0 unspecified atom stereocenters. The second-order valence-electron chi connectivity index (χ2n) is 6.05. The molecule has 0 atom stereocenters. The van der Waals surface area contributed by atoms with Crippen LogP contribution in [-0.2, 0) is 16.1 Å². The highest BCUT2D eigenvalue weighted by Crippen LogP contribution is 2.25. The summed E-state index contributed by atoms with van der Waals surface area (Å²) in [7, 11) is 0. The predicted octanol–water partition coefficient (Wildman–Crippen LogP) is 2.89. The lowest BCUT2D eigenvalue weighted by atomic mass is 10.1. The average molecular weight is 367 g/mol. The number of Topliss-reactive ketones (excluding diaryl/α,β-unsaturated/α-hetero) is 1. The first kappa shape index (κ1) is 16.7. The molecule has 0 aliphatic carbocycles. The van der Waals surface area contributed by atoms with Crippen LogP contribution in [0.5, 0.6) is 0 Å². The van der Waals surface area contributed by atoms with Gasteiger partial charge >= 0.3 is 0 Å². The summed E-state index contributed by atoms with van der Waals surface area (Å²) in [5.41, 5.74) is 6.08. The van der Waals surface area contributed by atoms with Gasteiger partial charge in [-0.2, -0.15) is 0 Å². The Bertz CT molecular complexity index is 729. The van der Waals surface area contributed by atoms with Crippen molar-refractivity contribution in [1.29, 1.82) is 0 Å². The van der Waals surface area contributed by atoms with E-state index in [-0.39, 0.29) is 5.60 Å². The summed E-state index contributed by atoms with van der Waals surface area (Å²) in [6, 6.07) is 5.54. The van der Waals surface area contributed by atoms with E-state index < -0.39 is 11.7 Å². The zero-order chi connectivity index (χ0) is 16.5. The molecule has 0 radical (unpaired) electrons. The van der Waals surface area contributed by atoms with Crippen LogP contribution in [0.1, 0.15) is 31.1 Å². The van der Waals surface area contributed by atoms with Gasteiger partial charge in [-0.1, -0.05) is 22.0 Å². The Labute approximate surface area is 137 Å². The lowest BCUT2D eigenvalue weighted by molar-refractivity contribution is -0.114. The maximum atomic E-state index is 12.0. The van der Waals surface area contributed by atoms with E-state index in [4.69, 9.17) is 10.5 Å². The van der Waals surface area contributed by atoms with Gasteiger partial charge in [-0.15, -0.1) is 0 Å². The number of rotatable bonds is 5. The molecule has 118 valence electrons. The normalized spacial score (nSPS) is 11.8. The van der Waals surface area contributed by atoms with Gasteiger partial charge in [0.25, 0.3) is 11.7 Å². The minimum absolute atomic E-state index is 0.227. The molecule has 0 saturated carbocycles. The third kappa shape index (κ3) is 3.75. The van der Waals surface area contributed by atoms with E-state index in [0.717, 1.165) is 9.99 Å². The van der Waals surface area contributed by atoms with Crippen LogP contribution in [0.3, 0.4) is 0 Å². The van der Waals surface area contributed by atoms with Gasteiger partial charge in [-0.3, -0.25) is 9.59 Å². The van der Waals surface area contributed by atoms with Crippen molar-refractivity contribution < 1.29 is 14.3 Å². The number of ketones is 1. The smallest absolute Gasteiger partial charge is 0.289 e. The first-order valence-electron chi connectivity index (χ1n) is 6.95. The topological polar surface area (TPSA) is 74.3 Å². The molecule has 6 heteroatoms. The summed E-state index contributed by atoms with van der Waals surface area (Å²) in [6.45, 7) is 7.04. The maximum absolute atomic E-state index is 12.0. The van der Waals surface area contributed by atoms with Gasteiger partial charge in [0.15, 0.2) is 0 Å². The maximum Gasteiger partial charge on any atom is 0.289 e. The van der Waals surface area contributed by atoms with Gasteiger partial charge in [0, 0.05) is 28.1 Å². The minimum atomic E-state index is -0.951. The molecule has 0 spiro atoms. The highest BCUT2D eigenvalue weighted by atomic mass is 79.9. The van der Waals surface area contributed by atoms with E-state index in [2.05, 4.69) is 15.9 Å². The van der Waals surface area contributed by atoms with Crippen molar-refractivity contribution in [3.63, 3.8) is 0 Å². The Kier molecular flexibility index (Phi) is 4.72. The molecule has 22 heavy (non-hydrogen) atoms. The van der Waals surface area contributed by atoms with Gasteiger partial charge in [0.2, 0.25) is 0 Å². The van der Waals surface area contributed by atoms with E-state index >= 15 is 0 Å². The number of amides is 1. The van der Waals surface area contributed by atoms with Crippen molar-refractivity contribution in [2.45, 2.75) is 32.9 Å². The Morgan fingerprint density at radius 1 is 1.32 bits per heavy atom. The number of carbonyl (C=O) groups excluding carboxylic acids is 2. The molecular formula is C16H19BrN2O3. The third-order valence-electron chi connectivity index (χ3n) is 3.18. The molecule has 0 fully saturated rings. The number of carbonyl (C=O) groups is 2. The van der Waals surface area contributed by atoms with Gasteiger partial charge in [0.1, 0.15) is 0 Å². The number of nitrogens with two attached hydrogens (primary N) is 1. The number of primary amides is 1. The largest absolute Gasteiger partial charge is 0.374 e. The van der Waals surface area contributed by atoms with Crippen molar-refractivity contribution in [1.82, 2.24) is 4.57 Å². The van der Waals surface area contributed by atoms with Gasteiger partial charge in [0.05, 0.1) is 17.8 Å². The van der Waals surface area contributed by atoms with E-state index in [1.165, 1.54) is 0 Å². The molecule has 0 aliphatic rings. The van der Waals surface area contributed by atoms with Crippen molar-refractivity contribution in [3.05, 3.63) is 34.4 Å². The number of fused-ring (bicyclic) bond motifs is 1. The van der Waals surface area contributed by atoms with Crippen molar-refractivity contribution >= 4 is 38.5 Å². The van der Waals surface area contributed by atoms with E-state index in [1.54, 1.807) is 12.3 Å². The second-order valence-corrected chi connectivity index (χ2v) is 6.97. The monoisotopic (exact) mass is 366 g/mol. The molecule has 0 bridgehead atoms. The molecule has 0 saturated heterocycles. The number of halogens is 1. The van der Waals surface area contributed by atoms with Crippen LogP contribution in [0.4, 0.5) is 0 Å². The molecule has 1 amide bonds. The summed E-state index contributed by atoms with van der Waals surface area (Å²) in [5, 5.41) is 0.711. The number of aromatic nitrogens is 1. The van der Waals surface area contributed by atoms with Crippen molar-refractivity contribution in [3.8, 4) is 0 Å². The van der Waals surface area contributed by atoms with Crippen LogP contribution >= 0.6 is 15.9 Å². The molecule has 2 N–H and O–H groups in total. The fourth-order valence-corrected chi connectivity index (χ4v) is 2.56. The van der Waals surface area contributed by atoms with Crippen molar-refractivity contribution in [2.75, 3.05) is 6.61 Å². The average Bonchev–Trinajstić information content (AvgIpc) is 2.74. The van der Waals surface area contributed by atoms with E-state index in [9.17, 15) is 9.59 Å². The summed E-state index contributed by atoms with van der Waals surface area (Å²) >= 11 is 3.42. The Hall–Kier alpha value is -1.66. The first-order valence-corrected chi connectivity index (χ1v) is 7.75. The van der Waals surface area contributed by atoms with E-state index in [0.29, 0.717) is 24.1 Å². The predicted molar refractivity (Wildman–Crippen MR) is 88.9 cm³/mol. The SMILES string of the molecule is CC(C)(C)OCCn1cc(C(=O)C(N)=O)c2ccc(Br)cc21. The van der Waals surface area contributed by atoms with E-state index in [1.807, 2.05) is 37.5 Å². The Balaban J connectivity index is 2.39. The molecule has 1 heterocycles. The Morgan fingerprint density at radius 3 is 2.59 bits per heavy atom. The van der Waals surface area contributed by atoms with Crippen molar-refractivity contribution in [2.24, 2.45) is 5.73 Å². The highest BCUT2D eigenvalue weighted by Gasteiger charge is 2.19. The zero-order valence-electron chi connectivity index (χ0n) is 12.9. The fourth-order valence-electron chi connectivity index (χ4n) is 2.21. The number of nitrogens with zero attached hydrogens (tertiary/aromatic N) is 1. The van der Waals surface area contributed by atoms with Crippen LogP contribution in [-0.4, -0.2) is 28.5 Å². The third-order valence-corrected chi connectivity index (χ3v) is 3.67. The van der Waals surface area contributed by atoms with Gasteiger partial charge in [-0.25, -0.2) is 0 Å². The summed E-state index contributed by atoms with van der Waals surface area (Å²) in [5.74, 6) is -1.63. The van der Waals surface area contributed by atoms with Crippen LogP contribution in [0.2, 0.25) is 0 Å². The summed E-state index contributed by atoms with van der Waals surface area (Å²) in [4.78, 5) is 23.2. The van der Waals surface area contributed by atoms with Crippen LogP contribution in [0.25, 0.3) is 10.9 Å². The summed E-state index contributed by atoms with van der Waals surface area (Å²) in [6.07, 6.45) is 1.66. The molecular weight excluding hydrogens is 348 g/mol. The van der Waals surface area contributed by atoms with Crippen LogP contribution < -0.4 is 5.73 Å². The molecule has 2 aromatic rings. The highest BCUT2D eigenvalue weighted by molar-refractivity contribution is 9.10. The molecule has 0 aliphatic heterocycles. The standard InChI is InChI=1S/C16H19BrN2O3/c1-16(2,3)22-7-6-19-9-12(14(20)15(18)21)11-5-4-10(17)8-13(11)19/h4-5,8-9H,6-7H2,1-3H3,(H2,18,21). The lowest BCUT2D eigenvalue weighted by Gasteiger charge is -2.19. The Morgan fingerprint density at radius 2 is 2.00 bits per heavy atom. The quantitative estimate of drug-likeness (QED) is 0.652. The lowest BCUT2D eigenvalue weighted by Crippen LogP contribution is -2.23. The number of ether oxygens (including phenoxy) is 1. The number of hydrogen-bond acceptors (Lipinski definition) is 3. The summed E-state index contributed by atoms with van der Waals surface area (Å²) < 4.78 is 8.52. The molecule has 1 aromatic carbocycles. The molecule has 5 nitrogen and oxygen atoms in total. The fraction of sp³-hybridized carbons (Fsp3) is 0.375. The van der Waals surface area contributed by atoms with Gasteiger partial charge < -0.3 is 15.0 Å². The molecule has 1 aromatic heterocycles. The number of benzene rings is 1. The first-order chi connectivity index (χ1) is 10.2. The van der Waals surface area contributed by atoms with Crippen LogP contribution in [0.15, 0.2) is 28.9 Å². The minimum Gasteiger partial charge on any atom is -0.374 e. The van der Waals surface area contributed by atoms with Crippen LogP contribution in [0, 0.1) is 0 Å². The second kappa shape index (κ2) is 6.22.